The molecule has 0 bridgehead atoms. The molecule has 158 valence electrons. The first-order valence-electron chi connectivity index (χ1n) is 9.23. The monoisotopic (exact) mass is 419 g/mol. The van der Waals surface area contributed by atoms with Gasteiger partial charge in [0.05, 0.1) is 19.1 Å². The van der Waals surface area contributed by atoms with E-state index in [1.165, 1.54) is 6.26 Å². The number of aliphatic imine (C=N–C) groups is 1. The SMILES string of the molecule is CN=C(NCCc1cc(OC)ccc1OC)NCc1ccc(S(C)(=O)=O)c(C)c1. The highest BCUT2D eigenvalue weighted by molar-refractivity contribution is 7.90. The lowest BCUT2D eigenvalue weighted by atomic mass is 10.1. The van der Waals surface area contributed by atoms with Crippen LogP contribution in [-0.4, -0.2) is 48.4 Å². The van der Waals surface area contributed by atoms with E-state index in [-0.39, 0.29) is 0 Å². The molecule has 0 spiro atoms. The molecule has 29 heavy (non-hydrogen) atoms. The van der Waals surface area contributed by atoms with Crippen LogP contribution in [0.4, 0.5) is 0 Å². The van der Waals surface area contributed by atoms with Crippen molar-refractivity contribution >= 4 is 15.8 Å². The van der Waals surface area contributed by atoms with Crippen LogP contribution in [-0.2, 0) is 22.8 Å². The number of rotatable bonds is 8. The molecule has 2 aromatic rings. The van der Waals surface area contributed by atoms with E-state index in [9.17, 15) is 8.42 Å². The highest BCUT2D eigenvalue weighted by Crippen LogP contribution is 2.24. The van der Waals surface area contributed by atoms with E-state index in [4.69, 9.17) is 9.47 Å². The molecule has 0 heterocycles. The van der Waals surface area contributed by atoms with Crippen LogP contribution in [0.5, 0.6) is 11.5 Å². The second-order valence-electron chi connectivity index (χ2n) is 6.65. The lowest BCUT2D eigenvalue weighted by molar-refractivity contribution is 0.398. The zero-order chi connectivity index (χ0) is 21.4. The molecular formula is C21H29N3O4S. The zero-order valence-corrected chi connectivity index (χ0v) is 18.4. The van der Waals surface area contributed by atoms with Gasteiger partial charge < -0.3 is 20.1 Å². The van der Waals surface area contributed by atoms with Crippen molar-refractivity contribution in [1.82, 2.24) is 10.6 Å². The summed E-state index contributed by atoms with van der Waals surface area (Å²) in [7, 11) is 1.78. The quantitative estimate of drug-likeness (QED) is 0.504. The second kappa shape index (κ2) is 10.2. The molecular weight excluding hydrogens is 390 g/mol. The van der Waals surface area contributed by atoms with Crippen molar-refractivity contribution in [3.05, 3.63) is 53.1 Å². The van der Waals surface area contributed by atoms with Gasteiger partial charge >= 0.3 is 0 Å². The summed E-state index contributed by atoms with van der Waals surface area (Å²) >= 11 is 0. The summed E-state index contributed by atoms with van der Waals surface area (Å²) in [5.41, 5.74) is 2.76. The lowest BCUT2D eigenvalue weighted by Crippen LogP contribution is -2.37. The predicted octanol–water partition coefficient (Wildman–Crippen LogP) is 2.32. The zero-order valence-electron chi connectivity index (χ0n) is 17.6. The fraction of sp³-hybridized carbons (Fsp3) is 0.381. The van der Waals surface area contributed by atoms with Crippen molar-refractivity contribution in [2.75, 3.05) is 34.1 Å². The van der Waals surface area contributed by atoms with E-state index in [0.29, 0.717) is 23.9 Å². The Morgan fingerprint density at radius 3 is 2.41 bits per heavy atom. The summed E-state index contributed by atoms with van der Waals surface area (Å²) < 4.78 is 34.2. The molecule has 0 radical (unpaired) electrons. The molecule has 0 saturated carbocycles. The van der Waals surface area contributed by atoms with Crippen molar-refractivity contribution < 1.29 is 17.9 Å². The number of hydrogen-bond donors (Lipinski definition) is 2. The molecule has 0 aliphatic heterocycles. The summed E-state index contributed by atoms with van der Waals surface area (Å²) in [5, 5.41) is 6.52. The van der Waals surface area contributed by atoms with Crippen LogP contribution in [0.2, 0.25) is 0 Å². The Hall–Kier alpha value is -2.74. The first kappa shape index (κ1) is 22.5. The molecule has 8 heteroatoms. The van der Waals surface area contributed by atoms with Crippen LogP contribution in [0.25, 0.3) is 0 Å². The molecule has 0 aliphatic carbocycles. The van der Waals surface area contributed by atoms with Crippen molar-refractivity contribution in [2.24, 2.45) is 4.99 Å². The molecule has 0 fully saturated rings. The van der Waals surface area contributed by atoms with Crippen molar-refractivity contribution in [3.63, 3.8) is 0 Å². The van der Waals surface area contributed by atoms with E-state index >= 15 is 0 Å². The summed E-state index contributed by atoms with van der Waals surface area (Å²) in [4.78, 5) is 4.59. The molecule has 2 rings (SSSR count). The summed E-state index contributed by atoms with van der Waals surface area (Å²) in [6, 6.07) is 11.1. The topological polar surface area (TPSA) is 89.0 Å². The molecule has 2 aromatic carbocycles. The smallest absolute Gasteiger partial charge is 0.191 e. The number of hydrogen-bond acceptors (Lipinski definition) is 5. The Morgan fingerprint density at radius 1 is 1.07 bits per heavy atom. The average Bonchev–Trinajstić information content (AvgIpc) is 2.69. The molecule has 0 aliphatic rings. The fourth-order valence-corrected chi connectivity index (χ4v) is 4.00. The van der Waals surface area contributed by atoms with E-state index in [1.807, 2.05) is 30.3 Å². The first-order chi connectivity index (χ1) is 13.8. The standard InChI is InChI=1S/C21H29N3O4S/c1-15-12-16(6-9-20(15)29(5,25)26)14-24-21(22-2)23-11-10-17-13-18(27-3)7-8-19(17)28-4/h6-9,12-13H,10-11,14H2,1-5H3,(H2,22,23,24). The lowest BCUT2D eigenvalue weighted by Gasteiger charge is -2.14. The summed E-state index contributed by atoms with van der Waals surface area (Å²) in [6.45, 7) is 3.00. The van der Waals surface area contributed by atoms with E-state index in [0.717, 1.165) is 34.6 Å². The Kier molecular flexibility index (Phi) is 7.90. The van der Waals surface area contributed by atoms with E-state index < -0.39 is 9.84 Å². The average molecular weight is 420 g/mol. The minimum atomic E-state index is -3.21. The summed E-state index contributed by atoms with van der Waals surface area (Å²) in [6.07, 6.45) is 1.96. The van der Waals surface area contributed by atoms with Gasteiger partial charge in [-0.2, -0.15) is 0 Å². The number of benzene rings is 2. The molecule has 0 aromatic heterocycles. The number of nitrogens with one attached hydrogen (secondary N) is 2. The number of methoxy groups -OCH3 is 2. The molecule has 0 atom stereocenters. The Balaban J connectivity index is 1.93. The normalized spacial score (nSPS) is 11.8. The van der Waals surface area contributed by atoms with Crippen LogP contribution in [0.1, 0.15) is 16.7 Å². The highest BCUT2D eigenvalue weighted by Gasteiger charge is 2.11. The van der Waals surface area contributed by atoms with Gasteiger partial charge in [0.2, 0.25) is 0 Å². The van der Waals surface area contributed by atoms with Gasteiger partial charge in [-0.15, -0.1) is 0 Å². The van der Waals surface area contributed by atoms with Crippen LogP contribution < -0.4 is 20.1 Å². The van der Waals surface area contributed by atoms with Gasteiger partial charge in [-0.1, -0.05) is 12.1 Å². The third-order valence-electron chi connectivity index (χ3n) is 4.50. The van der Waals surface area contributed by atoms with Gasteiger partial charge in [-0.25, -0.2) is 8.42 Å². The van der Waals surface area contributed by atoms with Gasteiger partial charge in [0.25, 0.3) is 0 Å². The third kappa shape index (κ3) is 6.39. The number of aryl methyl sites for hydroxylation is 1. The van der Waals surface area contributed by atoms with E-state index in [1.54, 1.807) is 34.3 Å². The Bertz CT molecular complexity index is 972. The molecule has 7 nitrogen and oxygen atoms in total. The van der Waals surface area contributed by atoms with Gasteiger partial charge in [0.1, 0.15) is 11.5 Å². The van der Waals surface area contributed by atoms with Gasteiger partial charge in [0.15, 0.2) is 15.8 Å². The van der Waals surface area contributed by atoms with Crippen LogP contribution in [0.3, 0.4) is 0 Å². The first-order valence-corrected chi connectivity index (χ1v) is 11.1. The molecule has 0 amide bonds. The highest BCUT2D eigenvalue weighted by atomic mass is 32.2. The Morgan fingerprint density at radius 2 is 1.83 bits per heavy atom. The molecule has 2 N–H and O–H groups in total. The van der Waals surface area contributed by atoms with Crippen molar-refractivity contribution in [1.29, 1.82) is 0 Å². The van der Waals surface area contributed by atoms with Crippen LogP contribution in [0.15, 0.2) is 46.3 Å². The number of ether oxygens (including phenoxy) is 2. The maximum absolute atomic E-state index is 11.7. The maximum Gasteiger partial charge on any atom is 0.191 e. The minimum absolute atomic E-state index is 0.357. The fourth-order valence-electron chi connectivity index (χ4n) is 3.04. The van der Waals surface area contributed by atoms with Gasteiger partial charge in [-0.05, 0) is 54.3 Å². The van der Waals surface area contributed by atoms with Crippen LogP contribution >= 0.6 is 0 Å². The second-order valence-corrected chi connectivity index (χ2v) is 8.64. The van der Waals surface area contributed by atoms with Crippen molar-refractivity contribution in [2.45, 2.75) is 24.8 Å². The van der Waals surface area contributed by atoms with Crippen molar-refractivity contribution in [3.8, 4) is 11.5 Å². The third-order valence-corrected chi connectivity index (χ3v) is 5.75. The van der Waals surface area contributed by atoms with Gasteiger partial charge in [-0.3, -0.25) is 4.99 Å². The number of sulfone groups is 1. The van der Waals surface area contributed by atoms with Crippen LogP contribution in [0, 0.1) is 6.92 Å². The van der Waals surface area contributed by atoms with Gasteiger partial charge in [0, 0.05) is 26.4 Å². The minimum Gasteiger partial charge on any atom is -0.497 e. The predicted molar refractivity (Wildman–Crippen MR) is 116 cm³/mol. The molecule has 0 unspecified atom stereocenters. The number of guanidine groups is 1. The Labute approximate surface area is 173 Å². The molecule has 0 saturated heterocycles. The largest absolute Gasteiger partial charge is 0.497 e. The van der Waals surface area contributed by atoms with E-state index in [2.05, 4.69) is 15.6 Å². The summed E-state index contributed by atoms with van der Waals surface area (Å²) in [5.74, 6) is 2.27. The number of nitrogens with zero attached hydrogens (tertiary/aromatic N) is 1. The maximum atomic E-state index is 11.7.